The summed E-state index contributed by atoms with van der Waals surface area (Å²) in [7, 11) is 0. The van der Waals surface area contributed by atoms with Crippen LogP contribution in [0.5, 0.6) is 0 Å². The Hall–Kier alpha value is -3.06. The van der Waals surface area contributed by atoms with Crippen molar-refractivity contribution in [2.24, 2.45) is 0 Å². The third-order valence-electron chi connectivity index (χ3n) is 3.83. The van der Waals surface area contributed by atoms with Crippen molar-refractivity contribution in [3.8, 4) is 6.07 Å². The number of hydrogen-bond acceptors (Lipinski definition) is 3. The Morgan fingerprint density at radius 2 is 1.96 bits per heavy atom. The number of para-hydroxylation sites is 1. The minimum atomic E-state index is -0.410. The van der Waals surface area contributed by atoms with Gasteiger partial charge in [-0.25, -0.2) is 0 Å². The number of nitrogens with one attached hydrogen (secondary N) is 2. The van der Waals surface area contributed by atoms with Gasteiger partial charge in [0.1, 0.15) is 11.6 Å². The zero-order valence-electron chi connectivity index (χ0n) is 14.8. The van der Waals surface area contributed by atoms with E-state index in [1.54, 1.807) is 0 Å². The molecule has 128 valence electrons. The maximum atomic E-state index is 12.4. The molecule has 2 rings (SSSR count). The van der Waals surface area contributed by atoms with Crippen molar-refractivity contribution in [2.45, 2.75) is 33.2 Å². The zero-order valence-corrected chi connectivity index (χ0v) is 14.8. The van der Waals surface area contributed by atoms with E-state index >= 15 is 0 Å². The molecule has 0 fully saturated rings. The van der Waals surface area contributed by atoms with Crippen LogP contribution in [0.2, 0.25) is 0 Å². The van der Waals surface area contributed by atoms with Gasteiger partial charge in [0.05, 0.1) is 0 Å². The van der Waals surface area contributed by atoms with Gasteiger partial charge in [0, 0.05) is 18.4 Å². The molecule has 0 aliphatic carbocycles. The van der Waals surface area contributed by atoms with Crippen LogP contribution in [-0.4, -0.2) is 5.91 Å². The first-order chi connectivity index (χ1) is 12.0. The number of hydrogen-bond donors (Lipinski definition) is 2. The molecule has 0 bridgehead atoms. The molecule has 0 heterocycles. The van der Waals surface area contributed by atoms with Gasteiger partial charge in [0.25, 0.3) is 5.91 Å². The van der Waals surface area contributed by atoms with Crippen LogP contribution in [0.1, 0.15) is 36.5 Å². The number of amides is 1. The van der Waals surface area contributed by atoms with Crippen molar-refractivity contribution in [3.63, 3.8) is 0 Å². The highest BCUT2D eigenvalue weighted by Crippen LogP contribution is 2.23. The second-order valence-electron chi connectivity index (χ2n) is 6.24. The van der Waals surface area contributed by atoms with Crippen LogP contribution in [0, 0.1) is 18.3 Å². The molecule has 1 amide bonds. The van der Waals surface area contributed by atoms with E-state index in [2.05, 4.69) is 30.5 Å². The minimum absolute atomic E-state index is 0.0474. The molecule has 0 aliphatic heterocycles. The van der Waals surface area contributed by atoms with Crippen molar-refractivity contribution in [1.29, 1.82) is 5.26 Å². The van der Waals surface area contributed by atoms with E-state index in [4.69, 9.17) is 0 Å². The number of nitrogens with zero attached hydrogens (tertiary/aromatic N) is 1. The van der Waals surface area contributed by atoms with Gasteiger partial charge in [-0.05, 0) is 30.0 Å². The van der Waals surface area contributed by atoms with Gasteiger partial charge in [-0.3, -0.25) is 4.79 Å². The Bertz CT molecular complexity index is 816. The normalized spacial score (nSPS) is 11.1. The summed E-state index contributed by atoms with van der Waals surface area (Å²) in [5.74, 6) is -0.127. The van der Waals surface area contributed by atoms with Gasteiger partial charge in [0.2, 0.25) is 0 Å². The summed E-state index contributed by atoms with van der Waals surface area (Å²) in [5, 5.41) is 15.1. The van der Waals surface area contributed by atoms with E-state index < -0.39 is 5.91 Å². The molecule has 4 heteroatoms. The molecule has 0 aliphatic rings. The molecular formula is C21H23N3O. The highest BCUT2D eigenvalue weighted by atomic mass is 16.1. The van der Waals surface area contributed by atoms with Gasteiger partial charge < -0.3 is 10.6 Å². The first-order valence-corrected chi connectivity index (χ1v) is 8.30. The van der Waals surface area contributed by atoms with Gasteiger partial charge in [-0.1, -0.05) is 61.9 Å². The number of anilines is 1. The first kappa shape index (κ1) is 18.3. The number of benzene rings is 2. The third kappa shape index (κ3) is 5.22. The molecule has 0 unspecified atom stereocenters. The average molecular weight is 333 g/mol. The second-order valence-corrected chi connectivity index (χ2v) is 6.24. The fraction of sp³-hybridized carbons (Fsp3) is 0.238. The summed E-state index contributed by atoms with van der Waals surface area (Å²) < 4.78 is 0. The van der Waals surface area contributed by atoms with Gasteiger partial charge >= 0.3 is 0 Å². The Morgan fingerprint density at radius 1 is 1.20 bits per heavy atom. The van der Waals surface area contributed by atoms with Gasteiger partial charge in [0.15, 0.2) is 0 Å². The molecule has 0 atom stereocenters. The second kappa shape index (κ2) is 8.70. The summed E-state index contributed by atoms with van der Waals surface area (Å²) in [5.41, 5.74) is 4.10. The Labute approximate surface area is 149 Å². The average Bonchev–Trinajstić information content (AvgIpc) is 2.59. The van der Waals surface area contributed by atoms with E-state index in [0.29, 0.717) is 6.54 Å². The summed E-state index contributed by atoms with van der Waals surface area (Å²) in [6.07, 6.45) is 1.47. The Balaban J connectivity index is 2.05. The van der Waals surface area contributed by atoms with E-state index in [9.17, 15) is 10.1 Å². The zero-order chi connectivity index (χ0) is 18.2. The summed E-state index contributed by atoms with van der Waals surface area (Å²) in [4.78, 5) is 12.4. The van der Waals surface area contributed by atoms with E-state index in [1.807, 2.05) is 55.5 Å². The lowest BCUT2D eigenvalue weighted by Crippen LogP contribution is -2.17. The standard InChI is InChI=1S/C21H23N3O/c1-15(2)19-9-4-5-10-20(19)24-21(25)18(12-22)14-23-13-17-8-6-7-16(3)11-17/h4-11,14-15,23H,13H2,1-3H3,(H,24,25)/b18-14-. The Morgan fingerprint density at radius 3 is 2.64 bits per heavy atom. The SMILES string of the molecule is Cc1cccc(CN/C=C(/C#N)C(=O)Nc2ccccc2C(C)C)c1. The van der Waals surface area contributed by atoms with Gasteiger partial charge in [-0.2, -0.15) is 5.26 Å². The summed E-state index contributed by atoms with van der Waals surface area (Å²) in [6, 6.07) is 17.7. The lowest BCUT2D eigenvalue weighted by Gasteiger charge is -2.13. The monoisotopic (exact) mass is 333 g/mol. The van der Waals surface area contributed by atoms with Crippen LogP contribution in [0.4, 0.5) is 5.69 Å². The molecule has 2 aromatic rings. The van der Waals surface area contributed by atoms with Crippen LogP contribution < -0.4 is 10.6 Å². The lowest BCUT2D eigenvalue weighted by atomic mass is 10.0. The van der Waals surface area contributed by atoms with Crippen molar-refractivity contribution in [1.82, 2.24) is 5.32 Å². The molecule has 25 heavy (non-hydrogen) atoms. The van der Waals surface area contributed by atoms with Crippen molar-refractivity contribution in [3.05, 3.63) is 77.0 Å². The number of carbonyl (C=O) groups excluding carboxylic acids is 1. The summed E-state index contributed by atoms with van der Waals surface area (Å²) in [6.45, 7) is 6.72. The maximum Gasteiger partial charge on any atom is 0.267 e. The minimum Gasteiger partial charge on any atom is -0.386 e. The molecule has 0 saturated carbocycles. The molecule has 0 radical (unpaired) electrons. The largest absolute Gasteiger partial charge is 0.386 e. The Kier molecular flexibility index (Phi) is 6.36. The first-order valence-electron chi connectivity index (χ1n) is 8.30. The van der Waals surface area contributed by atoms with Crippen molar-refractivity contribution < 1.29 is 4.79 Å². The van der Waals surface area contributed by atoms with E-state index in [1.165, 1.54) is 11.8 Å². The molecular weight excluding hydrogens is 310 g/mol. The number of nitriles is 1. The fourth-order valence-corrected chi connectivity index (χ4v) is 2.55. The van der Waals surface area contributed by atoms with Crippen LogP contribution in [0.15, 0.2) is 60.3 Å². The van der Waals surface area contributed by atoms with Gasteiger partial charge in [-0.15, -0.1) is 0 Å². The number of carbonyl (C=O) groups is 1. The molecule has 0 saturated heterocycles. The lowest BCUT2D eigenvalue weighted by molar-refractivity contribution is -0.112. The highest BCUT2D eigenvalue weighted by Gasteiger charge is 2.12. The van der Waals surface area contributed by atoms with Crippen LogP contribution >= 0.6 is 0 Å². The quantitative estimate of drug-likeness (QED) is 0.613. The van der Waals surface area contributed by atoms with Crippen LogP contribution in [-0.2, 0) is 11.3 Å². The van der Waals surface area contributed by atoms with Crippen LogP contribution in [0.3, 0.4) is 0 Å². The number of rotatable bonds is 6. The summed E-state index contributed by atoms with van der Waals surface area (Å²) >= 11 is 0. The van der Waals surface area contributed by atoms with Crippen molar-refractivity contribution >= 4 is 11.6 Å². The smallest absolute Gasteiger partial charge is 0.267 e. The van der Waals surface area contributed by atoms with E-state index in [0.717, 1.165) is 16.8 Å². The molecule has 2 aromatic carbocycles. The molecule has 2 N–H and O–H groups in total. The predicted molar refractivity (Wildman–Crippen MR) is 101 cm³/mol. The third-order valence-corrected chi connectivity index (χ3v) is 3.83. The molecule has 0 aromatic heterocycles. The molecule has 0 spiro atoms. The van der Waals surface area contributed by atoms with Crippen molar-refractivity contribution in [2.75, 3.05) is 5.32 Å². The fourth-order valence-electron chi connectivity index (χ4n) is 2.55. The predicted octanol–water partition coefficient (Wildman–Crippen LogP) is 4.25. The number of aryl methyl sites for hydroxylation is 1. The highest BCUT2D eigenvalue weighted by molar-refractivity contribution is 6.06. The van der Waals surface area contributed by atoms with E-state index in [-0.39, 0.29) is 11.5 Å². The topological polar surface area (TPSA) is 64.9 Å². The maximum absolute atomic E-state index is 12.4. The van der Waals surface area contributed by atoms with Crippen LogP contribution in [0.25, 0.3) is 0 Å². The molecule has 4 nitrogen and oxygen atoms in total.